The lowest BCUT2D eigenvalue weighted by molar-refractivity contribution is -0.122. The Morgan fingerprint density at radius 1 is 0.969 bits per heavy atom. The maximum absolute atomic E-state index is 12.9. The topological polar surface area (TPSA) is 48.0 Å². The molecule has 32 heavy (non-hydrogen) atoms. The third-order valence-corrected chi connectivity index (χ3v) is 6.61. The molecule has 0 spiro atoms. The fourth-order valence-electron chi connectivity index (χ4n) is 4.59. The van der Waals surface area contributed by atoms with E-state index in [1.165, 1.54) is 11.1 Å². The zero-order valence-corrected chi connectivity index (χ0v) is 20.0. The number of likely N-dealkylation sites (N-methyl/N-ethyl adjacent to an activating group) is 1. The summed E-state index contributed by atoms with van der Waals surface area (Å²) in [5.74, 6) is 2.85. The van der Waals surface area contributed by atoms with Gasteiger partial charge in [0.25, 0.3) is 0 Å². The molecule has 0 amide bonds. The number of ether oxygens (including phenoxy) is 3. The van der Waals surface area contributed by atoms with Gasteiger partial charge in [0, 0.05) is 18.9 Å². The van der Waals surface area contributed by atoms with E-state index in [1.54, 1.807) is 21.3 Å². The van der Waals surface area contributed by atoms with Crippen molar-refractivity contribution >= 4 is 5.78 Å². The van der Waals surface area contributed by atoms with E-state index >= 15 is 0 Å². The summed E-state index contributed by atoms with van der Waals surface area (Å²) >= 11 is 0. The quantitative estimate of drug-likeness (QED) is 0.474. The van der Waals surface area contributed by atoms with Gasteiger partial charge < -0.3 is 19.1 Å². The Morgan fingerprint density at radius 2 is 1.72 bits per heavy atom. The molecule has 0 saturated heterocycles. The maximum Gasteiger partial charge on any atom is 0.161 e. The molecule has 1 atom stereocenters. The summed E-state index contributed by atoms with van der Waals surface area (Å²) in [6.45, 7) is 5.28. The van der Waals surface area contributed by atoms with Gasteiger partial charge in [-0.1, -0.05) is 19.1 Å². The van der Waals surface area contributed by atoms with Crippen LogP contribution in [-0.4, -0.2) is 51.6 Å². The van der Waals surface area contributed by atoms with E-state index in [0.717, 1.165) is 68.8 Å². The number of aryl methyl sites for hydroxylation is 1. The molecule has 0 fully saturated rings. The van der Waals surface area contributed by atoms with E-state index in [0.29, 0.717) is 18.0 Å². The molecular formula is C27H37NO4. The van der Waals surface area contributed by atoms with Gasteiger partial charge in [0.2, 0.25) is 0 Å². The summed E-state index contributed by atoms with van der Waals surface area (Å²) in [7, 11) is 5.00. The lowest BCUT2D eigenvalue weighted by atomic mass is 9.93. The fraction of sp³-hybridized carbons (Fsp3) is 0.519. The van der Waals surface area contributed by atoms with Crippen LogP contribution in [0.4, 0.5) is 0 Å². The Hall–Kier alpha value is -2.53. The van der Waals surface area contributed by atoms with Crippen molar-refractivity contribution in [1.29, 1.82) is 0 Å². The van der Waals surface area contributed by atoms with Crippen molar-refractivity contribution in [2.45, 2.75) is 45.4 Å². The van der Waals surface area contributed by atoms with Crippen LogP contribution < -0.4 is 14.2 Å². The molecule has 5 nitrogen and oxygen atoms in total. The van der Waals surface area contributed by atoms with Crippen LogP contribution in [0.5, 0.6) is 17.2 Å². The van der Waals surface area contributed by atoms with Crippen molar-refractivity contribution in [1.82, 2.24) is 4.90 Å². The van der Waals surface area contributed by atoms with Crippen LogP contribution >= 0.6 is 0 Å². The van der Waals surface area contributed by atoms with Crippen LogP contribution in [0.25, 0.3) is 0 Å². The number of hydrogen-bond acceptors (Lipinski definition) is 5. The number of Topliss-reactive ketones (excluding diaryl/α,β-unsaturated/α-hetero) is 1. The Kier molecular flexibility index (Phi) is 8.98. The minimum atomic E-state index is 0.136. The van der Waals surface area contributed by atoms with Crippen LogP contribution in [0.3, 0.4) is 0 Å². The highest BCUT2D eigenvalue weighted by Crippen LogP contribution is 2.34. The van der Waals surface area contributed by atoms with E-state index < -0.39 is 0 Å². The van der Waals surface area contributed by atoms with Gasteiger partial charge >= 0.3 is 0 Å². The van der Waals surface area contributed by atoms with Gasteiger partial charge in [-0.15, -0.1) is 0 Å². The Labute approximate surface area is 192 Å². The van der Waals surface area contributed by atoms with Gasteiger partial charge in [0.15, 0.2) is 11.5 Å². The number of hydrogen-bond donors (Lipinski definition) is 0. The standard InChI is InChI=1S/C27H37NO4/c1-5-28(15-13-20-8-6-10-24(16-20)30-2)14-7-9-21-11-12-22-18-26(31-3)27(32-4)19-23(22)17-25(21)29/h6,8,10,16,18-19,21H,5,7,9,11-15,17H2,1-4H3. The molecule has 5 heteroatoms. The molecule has 0 heterocycles. The van der Waals surface area contributed by atoms with E-state index in [4.69, 9.17) is 14.2 Å². The molecular weight excluding hydrogens is 402 g/mol. The van der Waals surface area contributed by atoms with Crippen molar-refractivity contribution in [3.8, 4) is 17.2 Å². The summed E-state index contributed by atoms with van der Waals surface area (Å²) < 4.78 is 16.2. The lowest BCUT2D eigenvalue weighted by Gasteiger charge is -2.22. The number of benzene rings is 2. The van der Waals surface area contributed by atoms with Crippen molar-refractivity contribution in [2.24, 2.45) is 5.92 Å². The summed E-state index contributed by atoms with van der Waals surface area (Å²) in [5.41, 5.74) is 3.60. The van der Waals surface area contributed by atoms with Crippen molar-refractivity contribution in [3.05, 3.63) is 53.1 Å². The molecule has 174 valence electrons. The third kappa shape index (κ3) is 6.26. The normalized spacial score (nSPS) is 15.9. The number of carbonyl (C=O) groups is 1. The van der Waals surface area contributed by atoms with Crippen molar-refractivity contribution < 1.29 is 19.0 Å². The first-order valence-electron chi connectivity index (χ1n) is 11.7. The van der Waals surface area contributed by atoms with Gasteiger partial charge in [0.05, 0.1) is 21.3 Å². The van der Waals surface area contributed by atoms with E-state index in [2.05, 4.69) is 24.0 Å². The smallest absolute Gasteiger partial charge is 0.161 e. The predicted molar refractivity (Wildman–Crippen MR) is 128 cm³/mol. The zero-order chi connectivity index (χ0) is 22.9. The van der Waals surface area contributed by atoms with Crippen LogP contribution in [0, 0.1) is 5.92 Å². The molecule has 1 unspecified atom stereocenters. The first-order chi connectivity index (χ1) is 15.6. The van der Waals surface area contributed by atoms with E-state index in [9.17, 15) is 4.79 Å². The van der Waals surface area contributed by atoms with Crippen LogP contribution in [-0.2, 0) is 24.1 Å². The first-order valence-corrected chi connectivity index (χ1v) is 11.7. The second-order valence-electron chi connectivity index (χ2n) is 8.53. The second kappa shape index (κ2) is 11.9. The number of carbonyl (C=O) groups excluding carboxylic acids is 1. The molecule has 2 aromatic carbocycles. The predicted octanol–water partition coefficient (Wildman–Crippen LogP) is 4.73. The monoisotopic (exact) mass is 439 g/mol. The number of rotatable bonds is 11. The van der Waals surface area contributed by atoms with Crippen molar-refractivity contribution in [3.63, 3.8) is 0 Å². The summed E-state index contributed by atoms with van der Waals surface area (Å²) in [5, 5.41) is 0. The highest BCUT2D eigenvalue weighted by Gasteiger charge is 2.25. The lowest BCUT2D eigenvalue weighted by Crippen LogP contribution is -2.28. The van der Waals surface area contributed by atoms with Crippen molar-refractivity contribution in [2.75, 3.05) is 41.0 Å². The minimum absolute atomic E-state index is 0.136. The second-order valence-corrected chi connectivity index (χ2v) is 8.53. The van der Waals surface area contributed by atoms with Gasteiger partial charge in [0.1, 0.15) is 11.5 Å². The maximum atomic E-state index is 12.9. The van der Waals surface area contributed by atoms with Crippen LogP contribution in [0.1, 0.15) is 42.9 Å². The Bertz CT molecular complexity index is 895. The van der Waals surface area contributed by atoms with Gasteiger partial charge in [-0.3, -0.25) is 4.79 Å². The van der Waals surface area contributed by atoms with Crippen LogP contribution in [0.2, 0.25) is 0 Å². The van der Waals surface area contributed by atoms with E-state index in [-0.39, 0.29) is 5.92 Å². The fourth-order valence-corrected chi connectivity index (χ4v) is 4.59. The number of methoxy groups -OCH3 is 3. The number of fused-ring (bicyclic) bond motifs is 1. The number of ketones is 1. The SMILES string of the molecule is CCN(CCCC1CCc2cc(OC)c(OC)cc2CC1=O)CCc1cccc(OC)c1. The molecule has 0 saturated carbocycles. The summed E-state index contributed by atoms with van der Waals surface area (Å²) in [4.78, 5) is 15.4. The first kappa shape index (κ1) is 24.1. The van der Waals surface area contributed by atoms with Gasteiger partial charge in [-0.2, -0.15) is 0 Å². The molecule has 1 aliphatic rings. The summed E-state index contributed by atoms with van der Waals surface area (Å²) in [6, 6.07) is 12.3. The molecule has 0 N–H and O–H groups in total. The molecule has 0 radical (unpaired) electrons. The van der Waals surface area contributed by atoms with Gasteiger partial charge in [-0.25, -0.2) is 0 Å². The van der Waals surface area contributed by atoms with E-state index in [1.807, 2.05) is 24.3 Å². The highest BCUT2D eigenvalue weighted by molar-refractivity contribution is 5.84. The number of nitrogens with zero attached hydrogens (tertiary/aromatic N) is 1. The Balaban J connectivity index is 1.50. The molecule has 3 rings (SSSR count). The van der Waals surface area contributed by atoms with Crippen LogP contribution in [0.15, 0.2) is 36.4 Å². The molecule has 1 aliphatic carbocycles. The molecule has 0 bridgehead atoms. The molecule has 0 aromatic heterocycles. The third-order valence-electron chi connectivity index (χ3n) is 6.61. The minimum Gasteiger partial charge on any atom is -0.497 e. The zero-order valence-electron chi connectivity index (χ0n) is 20.0. The van der Waals surface area contributed by atoms with Gasteiger partial charge in [-0.05, 0) is 86.1 Å². The Morgan fingerprint density at radius 3 is 2.41 bits per heavy atom. The average Bonchev–Trinajstić information content (AvgIpc) is 2.98. The highest BCUT2D eigenvalue weighted by atomic mass is 16.5. The largest absolute Gasteiger partial charge is 0.497 e. The summed E-state index contributed by atoms with van der Waals surface area (Å²) in [6.07, 6.45) is 5.33. The molecule has 2 aromatic rings. The average molecular weight is 440 g/mol. The molecule has 0 aliphatic heterocycles.